The number of halogens is 3. The van der Waals surface area contributed by atoms with Gasteiger partial charge in [0.1, 0.15) is 11.5 Å². The van der Waals surface area contributed by atoms with Crippen LogP contribution in [-0.2, 0) is 23.8 Å². The minimum Gasteiger partial charge on any atom is -0.493 e. The average Bonchev–Trinajstić information content (AvgIpc) is 2.84. The SMILES string of the molecule is C=CC.CC.CC(C)=N.CCc1cc(OCCCOc2ccc(C(F)(F)F)cc2)ccc1CCC(=O)O. The van der Waals surface area contributed by atoms with Gasteiger partial charge < -0.3 is 20.0 Å². The fourth-order valence-electron chi connectivity index (χ4n) is 2.69. The Labute approximate surface area is 219 Å². The molecule has 2 aromatic carbocycles. The number of aliphatic carboxylic acids is 1. The standard InChI is InChI=1S/C21H23F3O4.C3H7N.C3H6.C2H6/c1-2-15-14-19(8-4-16(15)5-11-20(25)26)28-13-3-12-27-18-9-6-17(7-10-18)21(22,23)24;1-3(2)4;1-3-2;1-2/h4,6-10,14H,2-3,5,11-13H2,1H3,(H,25,26);4H,1-2H3;3H,1H2,2H3;1-2H3. The van der Waals surface area contributed by atoms with E-state index in [0.717, 1.165) is 29.7 Å². The minimum atomic E-state index is -4.35. The third-order valence-corrected chi connectivity index (χ3v) is 4.17. The number of hydrogen-bond acceptors (Lipinski definition) is 4. The highest BCUT2D eigenvalue weighted by atomic mass is 19.4. The number of hydrogen-bond donors (Lipinski definition) is 2. The molecule has 2 aromatic rings. The second-order valence-electron chi connectivity index (χ2n) is 7.66. The number of rotatable bonds is 10. The molecular formula is C29H42F3NO4. The van der Waals surface area contributed by atoms with E-state index in [0.29, 0.717) is 43.3 Å². The molecule has 0 fully saturated rings. The van der Waals surface area contributed by atoms with Gasteiger partial charge in [-0.3, -0.25) is 4.79 Å². The Hall–Kier alpha value is -3.29. The molecule has 0 atom stereocenters. The van der Waals surface area contributed by atoms with Crippen molar-refractivity contribution in [2.45, 2.75) is 73.4 Å². The lowest BCUT2D eigenvalue weighted by Gasteiger charge is -2.12. The molecule has 0 aliphatic carbocycles. The fraction of sp³-hybridized carbons (Fsp3) is 0.448. The number of nitrogens with one attached hydrogen (secondary N) is 1. The molecule has 0 amide bonds. The van der Waals surface area contributed by atoms with Gasteiger partial charge in [0.25, 0.3) is 0 Å². The summed E-state index contributed by atoms with van der Waals surface area (Å²) in [6, 6.07) is 10.2. The molecule has 8 heteroatoms. The Morgan fingerprint density at radius 2 is 1.46 bits per heavy atom. The van der Waals surface area contributed by atoms with Gasteiger partial charge in [0, 0.05) is 18.6 Å². The van der Waals surface area contributed by atoms with Crippen LogP contribution >= 0.6 is 0 Å². The van der Waals surface area contributed by atoms with Crippen LogP contribution in [0.4, 0.5) is 13.2 Å². The molecule has 0 aromatic heterocycles. The second-order valence-corrected chi connectivity index (χ2v) is 7.66. The molecule has 5 nitrogen and oxygen atoms in total. The third kappa shape index (κ3) is 18.6. The van der Waals surface area contributed by atoms with Crippen LogP contribution in [0.2, 0.25) is 0 Å². The normalized spacial score (nSPS) is 9.76. The van der Waals surface area contributed by atoms with Gasteiger partial charge in [0.15, 0.2) is 0 Å². The van der Waals surface area contributed by atoms with Crippen molar-refractivity contribution in [3.8, 4) is 11.5 Å². The van der Waals surface area contributed by atoms with Crippen molar-refractivity contribution in [2.75, 3.05) is 13.2 Å². The zero-order chi connectivity index (χ0) is 28.9. The van der Waals surface area contributed by atoms with Crippen molar-refractivity contribution < 1.29 is 32.5 Å². The quantitative estimate of drug-likeness (QED) is 0.185. The lowest BCUT2D eigenvalue weighted by molar-refractivity contribution is -0.138. The number of aryl methyl sites for hydroxylation is 2. The summed E-state index contributed by atoms with van der Waals surface area (Å²) in [5, 5.41) is 15.3. The number of benzene rings is 2. The van der Waals surface area contributed by atoms with Gasteiger partial charge in [-0.25, -0.2) is 0 Å². The van der Waals surface area contributed by atoms with Gasteiger partial charge >= 0.3 is 12.1 Å². The number of carboxylic acids is 1. The molecule has 0 saturated carbocycles. The Morgan fingerprint density at radius 3 is 1.89 bits per heavy atom. The van der Waals surface area contributed by atoms with Gasteiger partial charge in [-0.05, 0) is 81.1 Å². The first-order valence-electron chi connectivity index (χ1n) is 12.3. The van der Waals surface area contributed by atoms with E-state index in [4.69, 9.17) is 20.0 Å². The molecule has 0 aliphatic heterocycles. The molecule has 0 saturated heterocycles. The maximum atomic E-state index is 12.5. The first-order chi connectivity index (χ1) is 17.4. The van der Waals surface area contributed by atoms with Crippen LogP contribution in [0.1, 0.15) is 71.1 Å². The van der Waals surface area contributed by atoms with E-state index in [9.17, 15) is 18.0 Å². The molecule has 0 heterocycles. The zero-order valence-electron chi connectivity index (χ0n) is 22.9. The Morgan fingerprint density at radius 1 is 1.00 bits per heavy atom. The summed E-state index contributed by atoms with van der Waals surface area (Å²) in [5.41, 5.74) is 2.02. The van der Waals surface area contributed by atoms with Gasteiger partial charge in [-0.15, -0.1) is 6.58 Å². The Bertz CT molecular complexity index is 906. The van der Waals surface area contributed by atoms with E-state index in [-0.39, 0.29) is 6.42 Å². The van der Waals surface area contributed by atoms with E-state index in [2.05, 4.69) is 6.58 Å². The highest BCUT2D eigenvalue weighted by Crippen LogP contribution is 2.30. The molecule has 2 rings (SSSR count). The summed E-state index contributed by atoms with van der Waals surface area (Å²) in [6.45, 7) is 15.5. The van der Waals surface area contributed by atoms with Crippen LogP contribution in [0, 0.1) is 5.41 Å². The highest BCUT2D eigenvalue weighted by Gasteiger charge is 2.29. The van der Waals surface area contributed by atoms with Crippen LogP contribution in [-0.4, -0.2) is 30.0 Å². The molecule has 0 unspecified atom stereocenters. The maximum Gasteiger partial charge on any atom is 0.416 e. The lowest BCUT2D eigenvalue weighted by atomic mass is 10.0. The van der Waals surface area contributed by atoms with Crippen molar-refractivity contribution in [3.05, 3.63) is 71.8 Å². The van der Waals surface area contributed by atoms with Crippen LogP contribution in [0.25, 0.3) is 0 Å². The van der Waals surface area contributed by atoms with Gasteiger partial charge in [-0.1, -0.05) is 32.9 Å². The molecule has 0 bridgehead atoms. The summed E-state index contributed by atoms with van der Waals surface area (Å²) in [6.07, 6.45) is -0.673. The van der Waals surface area contributed by atoms with Gasteiger partial charge in [0.05, 0.1) is 18.8 Å². The predicted molar refractivity (Wildman–Crippen MR) is 145 cm³/mol. The minimum absolute atomic E-state index is 0.0918. The number of allylic oxidation sites excluding steroid dienone is 1. The summed E-state index contributed by atoms with van der Waals surface area (Å²) in [4.78, 5) is 10.7. The van der Waals surface area contributed by atoms with E-state index in [1.165, 1.54) is 12.1 Å². The van der Waals surface area contributed by atoms with Crippen LogP contribution in [0.3, 0.4) is 0 Å². The Kier molecular flexibility index (Phi) is 20.2. The van der Waals surface area contributed by atoms with Crippen molar-refractivity contribution in [2.24, 2.45) is 0 Å². The number of ether oxygens (including phenoxy) is 2. The summed E-state index contributed by atoms with van der Waals surface area (Å²) in [5.74, 6) is 0.255. The third-order valence-electron chi connectivity index (χ3n) is 4.17. The largest absolute Gasteiger partial charge is 0.493 e. The number of carboxylic acid groups (broad SMARTS) is 1. The van der Waals surface area contributed by atoms with Crippen LogP contribution < -0.4 is 9.47 Å². The van der Waals surface area contributed by atoms with Gasteiger partial charge in [-0.2, -0.15) is 13.2 Å². The molecule has 2 N–H and O–H groups in total. The maximum absolute atomic E-state index is 12.5. The molecular weight excluding hydrogens is 483 g/mol. The predicted octanol–water partition coefficient (Wildman–Crippen LogP) is 8.40. The summed E-state index contributed by atoms with van der Waals surface area (Å²) in [7, 11) is 0. The van der Waals surface area contributed by atoms with Gasteiger partial charge in [0.2, 0.25) is 0 Å². The van der Waals surface area contributed by atoms with E-state index < -0.39 is 17.7 Å². The Balaban J connectivity index is 0. The topological polar surface area (TPSA) is 79.6 Å². The van der Waals surface area contributed by atoms with Crippen LogP contribution in [0.5, 0.6) is 11.5 Å². The first-order valence-corrected chi connectivity index (χ1v) is 12.3. The summed E-state index contributed by atoms with van der Waals surface area (Å²) >= 11 is 0. The average molecular weight is 526 g/mol. The van der Waals surface area contributed by atoms with E-state index in [1.54, 1.807) is 19.9 Å². The molecule has 0 radical (unpaired) electrons. The van der Waals surface area contributed by atoms with Crippen LogP contribution in [0.15, 0.2) is 55.1 Å². The monoisotopic (exact) mass is 525 g/mol. The van der Waals surface area contributed by atoms with Crippen molar-refractivity contribution in [1.29, 1.82) is 5.41 Å². The number of carbonyl (C=O) groups is 1. The van der Waals surface area contributed by atoms with Crippen molar-refractivity contribution >= 4 is 11.7 Å². The van der Waals surface area contributed by atoms with E-state index >= 15 is 0 Å². The summed E-state index contributed by atoms with van der Waals surface area (Å²) < 4.78 is 48.6. The molecule has 0 aliphatic rings. The molecule has 37 heavy (non-hydrogen) atoms. The molecule has 208 valence electrons. The number of alkyl halides is 3. The first kappa shape index (κ1) is 35.9. The van der Waals surface area contributed by atoms with Crippen molar-refractivity contribution in [3.63, 3.8) is 0 Å². The second kappa shape index (κ2) is 20.9. The smallest absolute Gasteiger partial charge is 0.416 e. The zero-order valence-corrected chi connectivity index (χ0v) is 22.9. The molecule has 0 spiro atoms. The van der Waals surface area contributed by atoms with Crippen molar-refractivity contribution in [1.82, 2.24) is 0 Å². The highest BCUT2D eigenvalue weighted by molar-refractivity contribution is 5.75. The van der Waals surface area contributed by atoms with E-state index in [1.807, 2.05) is 45.9 Å². The lowest BCUT2D eigenvalue weighted by Crippen LogP contribution is -2.07. The fourth-order valence-corrected chi connectivity index (χ4v) is 2.69.